The van der Waals surface area contributed by atoms with E-state index in [1.165, 1.54) is 70.7 Å². The molecule has 109 heavy (non-hydrogen) atoms. The first-order chi connectivity index (χ1) is 50.9. The van der Waals surface area contributed by atoms with Gasteiger partial charge in [0.2, 0.25) is 59.1 Å². The number of imidazole rings is 1. The molecule has 0 unspecified atom stereocenters. The lowest BCUT2D eigenvalue weighted by Crippen LogP contribution is -2.63. The number of carboxylic acid groups (broad SMARTS) is 2. The molecule has 4 rings (SSSR count). The second-order valence-electron chi connectivity index (χ2n) is 26.1. The Labute approximate surface area is 625 Å². The van der Waals surface area contributed by atoms with Gasteiger partial charge in [-0.1, -0.05) is 70.2 Å². The number of phosphoric ester groups is 2. The number of aromatic nitrogens is 2. The number of carbonyl (C=O) groups is 13. The Morgan fingerprint density at radius 2 is 1.16 bits per heavy atom. The van der Waals surface area contributed by atoms with E-state index < -0.39 is 216 Å². The molecule has 10 amide bonds. The maximum Gasteiger partial charge on any atom is 0.524 e. The first kappa shape index (κ1) is 91.1. The number of phosphoric acid groups is 2. The monoisotopic (exact) mass is 1580 g/mol. The molecular formula is C67H95N13O27P2. The Balaban J connectivity index is 1.85. The fourth-order valence-electron chi connectivity index (χ4n) is 10.6. The van der Waals surface area contributed by atoms with Gasteiger partial charge in [-0.15, -0.1) is 0 Å². The minimum atomic E-state index is -5.70. The maximum absolute atomic E-state index is 15.9. The Kier molecular flexibility index (Phi) is 35.5. The number of nitrogens with zero attached hydrogens (tertiary/aromatic N) is 2. The van der Waals surface area contributed by atoms with Crippen molar-refractivity contribution < 1.29 is 130 Å². The number of carbonyl (C=O) groups excluding carboxylic acids is 11. The molecule has 0 saturated carbocycles. The molecule has 1 aromatic heterocycles. The summed E-state index contributed by atoms with van der Waals surface area (Å²) < 4.78 is 44.8. The number of benzene rings is 3. The van der Waals surface area contributed by atoms with Crippen molar-refractivity contribution >= 4 is 92.6 Å². The molecule has 1 heterocycles. The van der Waals surface area contributed by atoms with Gasteiger partial charge in [-0.3, -0.25) is 71.8 Å². The lowest BCUT2D eigenvalue weighted by atomic mass is 9.97. The van der Waals surface area contributed by atoms with Gasteiger partial charge in [-0.25, -0.2) is 18.9 Å². The standard InChI is InChI=1S/C67H95N13O27P2/c1-33(2)24-50(80(31-42-18-21-45(104-10)28-51(42)105-39(9)83)66(95)49(26-40-14-12-11-13-15-40)73-52(84)30-70-63(92)55(36(6)81)77-59(88)46(68)27-43-29-69-32-71-43)62(91)79-57(38(8)106-108(98,99)100)65(94)74-47(22-23-53(85)86)60(89)75-48(25-41-16-19-44(20-17-41)107-109(101,102)103)61(90)76-54(34(3)4)64(93)72-35(5)58(87)78-56(37(7)82)67(96)97/h11-21,28-29,32-38,46-50,54-57,81-82H,22-27,30-31,68H2,1-10H3,(H,69,71)(H,70,92)(H,72,93)(H,73,84)(H,74,94)(H,75,89)(H,76,90)(H,77,88)(H,78,87)(H,79,91)(H,85,86)(H,96,97)(H2,98,99,100)(H2,101,102,103)/t35-,36+,37+,38+,46-,47-,48-,49-,50-,54-,55-,56-,57-/m0/s1. The molecule has 0 saturated heterocycles. The molecule has 20 N–H and O–H groups in total. The van der Waals surface area contributed by atoms with Crippen LogP contribution >= 0.6 is 15.6 Å². The average Bonchev–Trinajstić information content (AvgIpc) is 1.12. The van der Waals surface area contributed by atoms with E-state index in [1.807, 2.05) is 0 Å². The topological polar surface area (TPSA) is 621 Å². The van der Waals surface area contributed by atoms with Crippen LogP contribution < -0.4 is 67.6 Å². The lowest BCUT2D eigenvalue weighted by molar-refractivity contribution is -0.146. The third-order valence-electron chi connectivity index (χ3n) is 16.2. The highest BCUT2D eigenvalue weighted by molar-refractivity contribution is 7.46. The van der Waals surface area contributed by atoms with E-state index in [1.54, 1.807) is 44.2 Å². The second kappa shape index (κ2) is 42.5. The summed E-state index contributed by atoms with van der Waals surface area (Å²) >= 11 is 0. The zero-order valence-electron chi connectivity index (χ0n) is 61.1. The number of nitrogens with two attached hydrogens (primary N) is 1. The van der Waals surface area contributed by atoms with Gasteiger partial charge in [0.05, 0.1) is 50.9 Å². The number of H-pyrrole nitrogens is 1. The molecule has 0 aliphatic heterocycles. The minimum Gasteiger partial charge on any atom is -0.497 e. The molecule has 0 fully saturated rings. The zero-order valence-corrected chi connectivity index (χ0v) is 62.9. The summed E-state index contributed by atoms with van der Waals surface area (Å²) in [6.45, 7) is 9.82. The first-order valence-electron chi connectivity index (χ1n) is 33.9. The Morgan fingerprint density at radius 3 is 1.70 bits per heavy atom. The molecule has 4 aromatic rings. The predicted molar refractivity (Wildman–Crippen MR) is 381 cm³/mol. The van der Waals surface area contributed by atoms with Gasteiger partial charge in [0.25, 0.3) is 0 Å². The number of aliphatic carboxylic acids is 2. The maximum atomic E-state index is 15.9. The quantitative estimate of drug-likeness (QED) is 0.0124. The summed E-state index contributed by atoms with van der Waals surface area (Å²) in [5.74, 6) is -17.6. The first-order valence-corrected chi connectivity index (χ1v) is 36.9. The lowest BCUT2D eigenvalue weighted by Gasteiger charge is -2.36. The van der Waals surface area contributed by atoms with Crippen molar-refractivity contribution in [2.24, 2.45) is 17.6 Å². The van der Waals surface area contributed by atoms with Gasteiger partial charge in [0.15, 0.2) is 6.04 Å². The molecule has 0 aliphatic carbocycles. The number of nitrogens with one attached hydrogen (secondary N) is 10. The van der Waals surface area contributed by atoms with Crippen molar-refractivity contribution in [3.05, 3.63) is 108 Å². The number of carboxylic acids is 2. The van der Waals surface area contributed by atoms with E-state index in [4.69, 9.17) is 19.7 Å². The molecule has 0 aliphatic rings. The molecule has 600 valence electrons. The van der Waals surface area contributed by atoms with Crippen molar-refractivity contribution in [1.82, 2.24) is 62.7 Å². The predicted octanol–water partition coefficient (Wildman–Crippen LogP) is -2.51. The van der Waals surface area contributed by atoms with Crippen LogP contribution in [0.3, 0.4) is 0 Å². The fourth-order valence-corrected chi connectivity index (χ4v) is 11.6. The molecule has 0 radical (unpaired) electrons. The van der Waals surface area contributed by atoms with Crippen molar-refractivity contribution in [2.75, 3.05) is 13.7 Å². The summed E-state index contributed by atoms with van der Waals surface area (Å²) in [5.41, 5.74) is 7.04. The van der Waals surface area contributed by atoms with Crippen LogP contribution in [0.2, 0.25) is 0 Å². The zero-order chi connectivity index (χ0) is 81.9. The van der Waals surface area contributed by atoms with Crippen LogP contribution in [0, 0.1) is 11.8 Å². The van der Waals surface area contributed by atoms with E-state index >= 15 is 14.4 Å². The summed E-state index contributed by atoms with van der Waals surface area (Å²) in [5, 5.41) is 61.1. The number of methoxy groups -OCH3 is 1. The van der Waals surface area contributed by atoms with Crippen molar-refractivity contribution in [3.63, 3.8) is 0 Å². The average molecular weight is 1580 g/mol. The van der Waals surface area contributed by atoms with Crippen molar-refractivity contribution in [1.29, 1.82) is 0 Å². The van der Waals surface area contributed by atoms with Crippen molar-refractivity contribution in [2.45, 2.75) is 186 Å². The number of ether oxygens (including phenoxy) is 2. The number of hydrogen-bond acceptors (Lipinski definition) is 23. The smallest absolute Gasteiger partial charge is 0.497 e. The SMILES string of the molecule is COc1ccc(CN(C(=O)[C@H](Cc2ccccc2)NC(=O)CNC(=O)[C@@H](NC(=O)[C@@H](N)Cc2cnc[nH]2)[C@@H](C)O)[C@@H](CC(C)C)C(=O)N[C@H](C(=O)N[C@@H](CCC(=O)O)C(=O)N[C@@H](Cc2ccc(OP(=O)(O)O)cc2)C(=O)N[C@H](C(=O)N[C@@H](C)C(=O)N[C@H](C(=O)O)[C@@H](C)O)C(C)C)[C@@H](C)OP(=O)(O)O)c(OC(C)=O)c1. The third kappa shape index (κ3) is 31.1. The van der Waals surface area contributed by atoms with Gasteiger partial charge >= 0.3 is 33.6 Å². The number of aromatic amines is 1. The minimum absolute atomic E-state index is 0.0000407. The van der Waals surface area contributed by atoms with E-state index in [0.717, 1.165) is 44.7 Å². The van der Waals surface area contributed by atoms with Crippen molar-refractivity contribution in [3.8, 4) is 17.2 Å². The molecule has 40 nitrogen and oxygen atoms in total. The largest absolute Gasteiger partial charge is 0.524 e. The summed E-state index contributed by atoms with van der Waals surface area (Å²) in [7, 11) is -9.53. The number of aliphatic hydroxyl groups is 2. The van der Waals surface area contributed by atoms with Crippen LogP contribution in [0.15, 0.2) is 85.3 Å². The highest BCUT2D eigenvalue weighted by atomic mass is 31.2. The fraction of sp³-hybridized carbons (Fsp3) is 0.493. The molecule has 13 atom stereocenters. The highest BCUT2D eigenvalue weighted by Gasteiger charge is 2.42. The van der Waals surface area contributed by atoms with Gasteiger partial charge in [-0.2, -0.15) is 0 Å². The number of aliphatic hydroxyl groups excluding tert-OH is 2. The van der Waals surface area contributed by atoms with Crippen LogP contribution in [0.5, 0.6) is 17.2 Å². The molecule has 42 heteroatoms. The number of amides is 10. The summed E-state index contributed by atoms with van der Waals surface area (Å²) in [6.07, 6.45) is -5.72. The van der Waals surface area contributed by atoms with Gasteiger partial charge in [0, 0.05) is 56.1 Å². The number of hydrogen-bond donors (Lipinski definition) is 19. The van der Waals surface area contributed by atoms with E-state index in [-0.39, 0.29) is 47.6 Å². The van der Waals surface area contributed by atoms with Gasteiger partial charge < -0.3 is 108 Å². The number of esters is 1. The normalized spacial score (nSPS) is 15.1. The molecule has 0 bridgehead atoms. The van der Waals surface area contributed by atoms with Crippen LogP contribution in [0.4, 0.5) is 0 Å². The summed E-state index contributed by atoms with van der Waals surface area (Å²) in [6, 6.07) is -1.28. The van der Waals surface area contributed by atoms with Gasteiger partial charge in [-0.05, 0) is 87.8 Å². The van der Waals surface area contributed by atoms with E-state index in [2.05, 4.69) is 62.3 Å². The third-order valence-corrected chi connectivity index (χ3v) is 17.2. The Hall–Kier alpha value is -10.3. The van der Waals surface area contributed by atoms with E-state index in [0.29, 0.717) is 11.3 Å². The van der Waals surface area contributed by atoms with E-state index in [9.17, 15) is 97.1 Å². The van der Waals surface area contributed by atoms with Crippen LogP contribution in [-0.4, -0.2) is 224 Å². The molecular weight excluding hydrogens is 1480 g/mol. The second-order valence-corrected chi connectivity index (χ2v) is 28.5. The van der Waals surface area contributed by atoms with Crippen LogP contribution in [-0.2, 0) is 102 Å². The van der Waals surface area contributed by atoms with Crippen LogP contribution in [0.1, 0.15) is 104 Å². The highest BCUT2D eigenvalue weighted by Crippen LogP contribution is 2.39. The van der Waals surface area contributed by atoms with Gasteiger partial charge in [0.1, 0.15) is 65.6 Å². The molecule has 0 spiro atoms. The summed E-state index contributed by atoms with van der Waals surface area (Å²) in [4.78, 5) is 227. The Bertz CT molecular complexity index is 3920. The number of rotatable bonds is 44. The Morgan fingerprint density at radius 1 is 0.596 bits per heavy atom. The van der Waals surface area contributed by atoms with Crippen LogP contribution in [0.25, 0.3) is 0 Å². The molecule has 3 aromatic carbocycles.